The maximum atomic E-state index is 12.5. The second kappa shape index (κ2) is 9.68. The zero-order valence-electron chi connectivity index (χ0n) is 15.4. The third-order valence-electron chi connectivity index (χ3n) is 3.37. The fraction of sp³-hybridized carbons (Fsp3) is 0.250. The van der Waals surface area contributed by atoms with Crippen LogP contribution >= 0.6 is 11.3 Å². The van der Waals surface area contributed by atoms with Crippen molar-refractivity contribution in [3.05, 3.63) is 57.8 Å². The number of thiophene rings is 1. The van der Waals surface area contributed by atoms with Crippen LogP contribution in [0.15, 0.2) is 41.8 Å². The number of hydrogen-bond donors (Lipinski definition) is 2. The second-order valence-corrected chi connectivity index (χ2v) is 7.15. The van der Waals surface area contributed by atoms with Gasteiger partial charge in [-0.3, -0.25) is 10.1 Å². The number of imide groups is 1. The summed E-state index contributed by atoms with van der Waals surface area (Å²) in [5, 5.41) is 6.49. The van der Waals surface area contributed by atoms with E-state index in [2.05, 4.69) is 10.6 Å². The number of rotatable bonds is 6. The molecule has 2 rings (SSSR count). The zero-order valence-corrected chi connectivity index (χ0v) is 16.3. The summed E-state index contributed by atoms with van der Waals surface area (Å²) in [6.07, 6.45) is 1.73. The smallest absolute Gasteiger partial charge is 0.340 e. The van der Waals surface area contributed by atoms with Gasteiger partial charge in [0, 0.05) is 10.9 Å². The van der Waals surface area contributed by atoms with Crippen molar-refractivity contribution in [1.82, 2.24) is 10.6 Å². The van der Waals surface area contributed by atoms with E-state index in [1.165, 1.54) is 11.3 Å². The van der Waals surface area contributed by atoms with Gasteiger partial charge in [0.1, 0.15) is 0 Å². The molecule has 0 spiro atoms. The highest BCUT2D eigenvalue weighted by Crippen LogP contribution is 2.24. The molecule has 0 fully saturated rings. The Morgan fingerprint density at radius 3 is 2.59 bits per heavy atom. The molecule has 142 valence electrons. The first-order chi connectivity index (χ1) is 12.8. The summed E-state index contributed by atoms with van der Waals surface area (Å²) in [5.41, 5.74) is 2.28. The van der Waals surface area contributed by atoms with Crippen molar-refractivity contribution in [3.63, 3.8) is 0 Å². The first-order valence-corrected chi connectivity index (χ1v) is 9.33. The van der Waals surface area contributed by atoms with E-state index in [-0.39, 0.29) is 6.04 Å². The van der Waals surface area contributed by atoms with Crippen LogP contribution in [0.4, 0.5) is 4.79 Å². The van der Waals surface area contributed by atoms with Gasteiger partial charge < -0.3 is 10.1 Å². The van der Waals surface area contributed by atoms with Gasteiger partial charge >= 0.3 is 12.0 Å². The maximum absolute atomic E-state index is 12.5. The van der Waals surface area contributed by atoms with Crippen LogP contribution in [0.2, 0.25) is 0 Å². The lowest BCUT2D eigenvalue weighted by Gasteiger charge is -2.10. The summed E-state index contributed by atoms with van der Waals surface area (Å²) < 4.78 is 5.11. The fourth-order valence-electron chi connectivity index (χ4n) is 2.26. The average molecular weight is 386 g/mol. The molecule has 0 aliphatic rings. The Kier molecular flexibility index (Phi) is 7.31. The Labute approximate surface area is 162 Å². The number of benzene rings is 1. The summed E-state index contributed by atoms with van der Waals surface area (Å²) >= 11 is 1.40. The van der Waals surface area contributed by atoms with Crippen LogP contribution in [-0.4, -0.2) is 30.6 Å². The number of ether oxygens (including phenoxy) is 1. The molecule has 0 aliphatic carbocycles. The molecule has 27 heavy (non-hydrogen) atoms. The molecule has 0 radical (unpaired) electrons. The van der Waals surface area contributed by atoms with Gasteiger partial charge in [0.15, 0.2) is 6.61 Å². The minimum absolute atomic E-state index is 0.108. The number of urea groups is 1. The van der Waals surface area contributed by atoms with E-state index in [1.807, 2.05) is 48.7 Å². The van der Waals surface area contributed by atoms with Gasteiger partial charge in [-0.25, -0.2) is 9.59 Å². The normalized spacial score (nSPS) is 11.2. The standard InChI is InChI=1S/C20H22N2O4S/c1-13(2)21-20(25)22-18(23)12-26-19(24)16(17-8-5-9-27-17)11-15-7-4-6-14(3)10-15/h4-11,13H,12H2,1-3H3,(H2,21,22,23,25)/b16-11+. The maximum Gasteiger partial charge on any atom is 0.340 e. The number of nitrogens with one attached hydrogen (secondary N) is 2. The number of carbonyl (C=O) groups is 3. The Bertz CT molecular complexity index is 841. The molecule has 7 heteroatoms. The van der Waals surface area contributed by atoms with Crippen molar-refractivity contribution in [1.29, 1.82) is 0 Å². The van der Waals surface area contributed by atoms with Crippen molar-refractivity contribution < 1.29 is 19.1 Å². The van der Waals surface area contributed by atoms with Crippen LogP contribution in [0.1, 0.15) is 29.9 Å². The van der Waals surface area contributed by atoms with Gasteiger partial charge in [-0.15, -0.1) is 11.3 Å². The van der Waals surface area contributed by atoms with E-state index in [0.29, 0.717) is 5.57 Å². The summed E-state index contributed by atoms with van der Waals surface area (Å²) in [7, 11) is 0. The SMILES string of the molecule is Cc1cccc(/C=C(/C(=O)OCC(=O)NC(=O)NC(C)C)c2cccs2)c1. The van der Waals surface area contributed by atoms with Gasteiger partial charge in [-0.05, 0) is 43.9 Å². The van der Waals surface area contributed by atoms with Crippen molar-refractivity contribution in [2.45, 2.75) is 26.8 Å². The number of aryl methyl sites for hydroxylation is 1. The van der Waals surface area contributed by atoms with E-state index >= 15 is 0 Å². The number of carbonyl (C=O) groups excluding carboxylic acids is 3. The lowest BCUT2D eigenvalue weighted by molar-refractivity contribution is -0.142. The van der Waals surface area contributed by atoms with E-state index in [9.17, 15) is 14.4 Å². The second-order valence-electron chi connectivity index (χ2n) is 6.20. The molecule has 3 amide bonds. The topological polar surface area (TPSA) is 84.5 Å². The largest absolute Gasteiger partial charge is 0.452 e. The average Bonchev–Trinajstić information content (AvgIpc) is 3.11. The van der Waals surface area contributed by atoms with Crippen LogP contribution in [0.3, 0.4) is 0 Å². The number of hydrogen-bond acceptors (Lipinski definition) is 5. The first kappa shape index (κ1) is 20.4. The monoisotopic (exact) mass is 386 g/mol. The van der Waals surface area contributed by atoms with E-state index < -0.39 is 24.5 Å². The molecule has 0 aliphatic heterocycles. The predicted octanol–water partition coefficient (Wildman–Crippen LogP) is 3.37. The fourth-order valence-corrected chi connectivity index (χ4v) is 2.99. The first-order valence-electron chi connectivity index (χ1n) is 8.45. The van der Waals surface area contributed by atoms with E-state index in [0.717, 1.165) is 16.0 Å². The van der Waals surface area contributed by atoms with Crippen molar-refractivity contribution in [2.24, 2.45) is 0 Å². The molecule has 1 heterocycles. The van der Waals surface area contributed by atoms with Gasteiger partial charge in [0.2, 0.25) is 0 Å². The van der Waals surface area contributed by atoms with Gasteiger partial charge in [-0.1, -0.05) is 35.9 Å². The molecule has 0 atom stereocenters. The summed E-state index contributed by atoms with van der Waals surface area (Å²) in [6.45, 7) is 4.97. The molecule has 1 aromatic carbocycles. The van der Waals surface area contributed by atoms with E-state index in [1.54, 1.807) is 19.9 Å². The third kappa shape index (κ3) is 6.71. The molecule has 6 nitrogen and oxygen atoms in total. The Morgan fingerprint density at radius 1 is 1.19 bits per heavy atom. The molecule has 0 saturated heterocycles. The molecule has 2 aromatic rings. The lowest BCUT2D eigenvalue weighted by atomic mass is 10.1. The highest BCUT2D eigenvalue weighted by molar-refractivity contribution is 7.11. The molecule has 1 aromatic heterocycles. The number of amides is 3. The van der Waals surface area contributed by atoms with Crippen LogP contribution in [0, 0.1) is 6.92 Å². The quantitative estimate of drug-likeness (QED) is 0.589. The van der Waals surface area contributed by atoms with Crippen molar-refractivity contribution in [2.75, 3.05) is 6.61 Å². The molecule has 2 N–H and O–H groups in total. The summed E-state index contributed by atoms with van der Waals surface area (Å²) in [6, 6.07) is 10.6. The molecule has 0 saturated carbocycles. The lowest BCUT2D eigenvalue weighted by Crippen LogP contribution is -2.44. The van der Waals surface area contributed by atoms with Gasteiger partial charge in [-0.2, -0.15) is 0 Å². The Hall–Kier alpha value is -2.93. The molecule has 0 unspecified atom stereocenters. The van der Waals surface area contributed by atoms with Crippen LogP contribution < -0.4 is 10.6 Å². The van der Waals surface area contributed by atoms with Gasteiger partial charge in [0.05, 0.1) is 5.57 Å². The van der Waals surface area contributed by atoms with Crippen LogP contribution in [0.25, 0.3) is 11.6 Å². The van der Waals surface area contributed by atoms with Crippen molar-refractivity contribution >= 4 is 40.9 Å². The predicted molar refractivity (Wildman–Crippen MR) is 106 cm³/mol. The molecule has 0 bridgehead atoms. The van der Waals surface area contributed by atoms with Crippen LogP contribution in [-0.2, 0) is 14.3 Å². The minimum Gasteiger partial charge on any atom is -0.452 e. The Balaban J connectivity index is 2.07. The third-order valence-corrected chi connectivity index (χ3v) is 4.27. The molecular formula is C20H22N2O4S. The highest BCUT2D eigenvalue weighted by atomic mass is 32.1. The molecular weight excluding hydrogens is 364 g/mol. The Morgan fingerprint density at radius 2 is 1.96 bits per heavy atom. The zero-order chi connectivity index (χ0) is 19.8. The minimum atomic E-state index is -0.692. The van der Waals surface area contributed by atoms with Crippen molar-refractivity contribution in [3.8, 4) is 0 Å². The highest BCUT2D eigenvalue weighted by Gasteiger charge is 2.17. The summed E-state index contributed by atoms with van der Waals surface area (Å²) in [4.78, 5) is 36.6. The summed E-state index contributed by atoms with van der Waals surface area (Å²) in [5.74, 6) is -1.32. The van der Waals surface area contributed by atoms with E-state index in [4.69, 9.17) is 4.74 Å². The number of esters is 1. The van der Waals surface area contributed by atoms with Crippen LogP contribution in [0.5, 0.6) is 0 Å². The van der Waals surface area contributed by atoms with Gasteiger partial charge in [0.25, 0.3) is 5.91 Å².